The van der Waals surface area contributed by atoms with Gasteiger partial charge in [0.25, 0.3) is 0 Å². The lowest BCUT2D eigenvalue weighted by Gasteiger charge is -2.00. The molecule has 0 amide bonds. The summed E-state index contributed by atoms with van der Waals surface area (Å²) >= 11 is 1.63. The van der Waals surface area contributed by atoms with Crippen molar-refractivity contribution >= 4 is 17.7 Å². The van der Waals surface area contributed by atoms with Gasteiger partial charge in [0.15, 0.2) is 5.76 Å². The van der Waals surface area contributed by atoms with Crippen LogP contribution in [0.5, 0.6) is 0 Å². The van der Waals surface area contributed by atoms with E-state index in [1.54, 1.807) is 18.7 Å². The summed E-state index contributed by atoms with van der Waals surface area (Å²) in [7, 11) is 0. The zero-order valence-electron chi connectivity index (χ0n) is 9.43. The van der Waals surface area contributed by atoms with E-state index in [0.717, 1.165) is 10.5 Å². The van der Waals surface area contributed by atoms with Crippen molar-refractivity contribution in [2.45, 2.75) is 11.8 Å². The number of hydrogen-bond acceptors (Lipinski definition) is 4. The first-order chi connectivity index (χ1) is 8.13. The zero-order chi connectivity index (χ0) is 12.4. The van der Waals surface area contributed by atoms with Crippen LogP contribution in [0.4, 0.5) is 0 Å². The smallest absolute Gasteiger partial charge is 0.341 e. The average Bonchev–Trinajstić information content (AvgIpc) is 2.71. The van der Waals surface area contributed by atoms with E-state index in [1.165, 1.54) is 0 Å². The molecule has 88 valence electrons. The van der Waals surface area contributed by atoms with Crippen LogP contribution < -0.4 is 0 Å². The number of hydrogen-bond donors (Lipinski definition) is 1. The Morgan fingerprint density at radius 2 is 2.00 bits per heavy atom. The molecule has 0 saturated heterocycles. The monoisotopic (exact) mass is 249 g/mol. The first kappa shape index (κ1) is 11.7. The van der Waals surface area contributed by atoms with E-state index >= 15 is 0 Å². The van der Waals surface area contributed by atoms with Crippen LogP contribution in [0.2, 0.25) is 0 Å². The molecule has 0 fully saturated rings. The van der Waals surface area contributed by atoms with Crippen LogP contribution in [0.3, 0.4) is 0 Å². The third-order valence-corrected chi connectivity index (χ3v) is 3.17. The van der Waals surface area contributed by atoms with E-state index in [1.807, 2.05) is 30.5 Å². The highest BCUT2D eigenvalue weighted by atomic mass is 32.2. The van der Waals surface area contributed by atoms with Gasteiger partial charge in [-0.25, -0.2) is 4.79 Å². The quantitative estimate of drug-likeness (QED) is 0.847. The largest absolute Gasteiger partial charge is 0.477 e. The van der Waals surface area contributed by atoms with Crippen molar-refractivity contribution in [3.8, 4) is 11.3 Å². The fraction of sp³-hybridized carbons (Fsp3) is 0.167. The molecule has 0 aliphatic rings. The zero-order valence-corrected chi connectivity index (χ0v) is 10.2. The Morgan fingerprint density at radius 1 is 1.35 bits per heavy atom. The highest BCUT2D eigenvalue weighted by Crippen LogP contribution is 2.27. The number of aromatic carboxylic acids is 1. The van der Waals surface area contributed by atoms with Gasteiger partial charge in [0.05, 0.1) is 5.69 Å². The maximum absolute atomic E-state index is 11.1. The molecule has 0 atom stereocenters. The SMILES string of the molecule is CSc1ccc(-c2onc(C)c2C(=O)O)cc1. The maximum Gasteiger partial charge on any atom is 0.341 e. The van der Waals surface area contributed by atoms with Gasteiger partial charge in [0.2, 0.25) is 0 Å². The molecule has 17 heavy (non-hydrogen) atoms. The summed E-state index contributed by atoms with van der Waals surface area (Å²) in [6, 6.07) is 7.50. The average molecular weight is 249 g/mol. The van der Waals surface area contributed by atoms with E-state index in [-0.39, 0.29) is 5.56 Å². The van der Waals surface area contributed by atoms with E-state index < -0.39 is 5.97 Å². The second kappa shape index (κ2) is 4.63. The summed E-state index contributed by atoms with van der Waals surface area (Å²) in [6.07, 6.45) is 1.98. The first-order valence-electron chi connectivity index (χ1n) is 4.97. The molecule has 5 heteroatoms. The summed E-state index contributed by atoms with van der Waals surface area (Å²) in [5.41, 5.74) is 1.24. The number of rotatable bonds is 3. The number of aryl methyl sites for hydroxylation is 1. The minimum absolute atomic E-state index is 0.127. The Labute approximate surface area is 103 Å². The van der Waals surface area contributed by atoms with Gasteiger partial charge in [-0.3, -0.25) is 0 Å². The van der Waals surface area contributed by atoms with Crippen LogP contribution in [-0.4, -0.2) is 22.5 Å². The van der Waals surface area contributed by atoms with Crippen molar-refractivity contribution in [2.24, 2.45) is 0 Å². The molecule has 2 aromatic rings. The van der Waals surface area contributed by atoms with Gasteiger partial charge in [-0.1, -0.05) is 5.16 Å². The highest BCUT2D eigenvalue weighted by Gasteiger charge is 2.20. The molecule has 0 bridgehead atoms. The number of carbonyl (C=O) groups is 1. The second-order valence-electron chi connectivity index (χ2n) is 3.51. The number of thioether (sulfide) groups is 1. The van der Waals surface area contributed by atoms with Crippen molar-refractivity contribution in [1.82, 2.24) is 5.16 Å². The predicted molar refractivity (Wildman–Crippen MR) is 65.4 cm³/mol. The summed E-state index contributed by atoms with van der Waals surface area (Å²) in [5, 5.41) is 12.8. The van der Waals surface area contributed by atoms with Gasteiger partial charge in [-0.05, 0) is 37.4 Å². The van der Waals surface area contributed by atoms with Crippen molar-refractivity contribution in [2.75, 3.05) is 6.26 Å². The van der Waals surface area contributed by atoms with E-state index in [2.05, 4.69) is 5.16 Å². The molecule has 1 N–H and O–H groups in total. The molecular formula is C12H11NO3S. The van der Waals surface area contributed by atoms with Gasteiger partial charge < -0.3 is 9.63 Å². The molecule has 1 heterocycles. The number of aromatic nitrogens is 1. The predicted octanol–water partition coefficient (Wildman–Crippen LogP) is 3.07. The Bertz CT molecular complexity index is 545. The van der Waals surface area contributed by atoms with Crippen LogP contribution in [0.1, 0.15) is 16.1 Å². The van der Waals surface area contributed by atoms with Crippen LogP contribution in [0, 0.1) is 6.92 Å². The highest BCUT2D eigenvalue weighted by molar-refractivity contribution is 7.98. The van der Waals surface area contributed by atoms with Crippen molar-refractivity contribution in [1.29, 1.82) is 0 Å². The molecule has 4 nitrogen and oxygen atoms in total. The first-order valence-corrected chi connectivity index (χ1v) is 6.20. The number of nitrogens with zero attached hydrogens (tertiary/aromatic N) is 1. The van der Waals surface area contributed by atoms with Crippen molar-refractivity contribution in [3.63, 3.8) is 0 Å². The minimum Gasteiger partial charge on any atom is -0.477 e. The van der Waals surface area contributed by atoms with Gasteiger partial charge in [0, 0.05) is 10.5 Å². The third-order valence-electron chi connectivity index (χ3n) is 2.43. The van der Waals surface area contributed by atoms with Crippen LogP contribution in [0.25, 0.3) is 11.3 Å². The van der Waals surface area contributed by atoms with Crippen LogP contribution >= 0.6 is 11.8 Å². The summed E-state index contributed by atoms with van der Waals surface area (Å²) < 4.78 is 5.08. The summed E-state index contributed by atoms with van der Waals surface area (Å²) in [4.78, 5) is 12.2. The fourth-order valence-corrected chi connectivity index (χ4v) is 1.97. The molecule has 0 aliphatic heterocycles. The second-order valence-corrected chi connectivity index (χ2v) is 4.39. The standard InChI is InChI=1S/C12H11NO3S/c1-7-10(12(14)15)11(16-13-7)8-3-5-9(17-2)6-4-8/h3-6H,1-2H3,(H,14,15). The third kappa shape index (κ3) is 2.19. The molecule has 1 aromatic carbocycles. The Balaban J connectivity index is 2.49. The number of carboxylic acids is 1. The Morgan fingerprint density at radius 3 is 2.53 bits per heavy atom. The summed E-state index contributed by atoms with van der Waals surface area (Å²) in [6.45, 7) is 1.62. The fourth-order valence-electron chi connectivity index (χ4n) is 1.56. The minimum atomic E-state index is -1.02. The number of benzene rings is 1. The lowest BCUT2D eigenvalue weighted by Crippen LogP contribution is -1.98. The Hall–Kier alpha value is -1.75. The lowest BCUT2D eigenvalue weighted by molar-refractivity contribution is 0.0696. The maximum atomic E-state index is 11.1. The normalized spacial score (nSPS) is 10.5. The van der Waals surface area contributed by atoms with Crippen LogP contribution in [0.15, 0.2) is 33.7 Å². The lowest BCUT2D eigenvalue weighted by atomic mass is 10.1. The molecule has 0 spiro atoms. The summed E-state index contributed by atoms with van der Waals surface area (Å²) in [5.74, 6) is -0.713. The molecule has 0 aliphatic carbocycles. The van der Waals surface area contributed by atoms with Gasteiger partial charge >= 0.3 is 5.97 Å². The molecule has 2 rings (SSSR count). The van der Waals surface area contributed by atoms with Gasteiger partial charge in [-0.15, -0.1) is 11.8 Å². The Kier molecular flexibility index (Phi) is 3.19. The van der Waals surface area contributed by atoms with Crippen molar-refractivity contribution < 1.29 is 14.4 Å². The van der Waals surface area contributed by atoms with E-state index in [0.29, 0.717) is 11.5 Å². The van der Waals surface area contributed by atoms with Crippen molar-refractivity contribution in [3.05, 3.63) is 35.5 Å². The van der Waals surface area contributed by atoms with Crippen LogP contribution in [-0.2, 0) is 0 Å². The van der Waals surface area contributed by atoms with E-state index in [9.17, 15) is 4.79 Å². The molecule has 0 unspecified atom stereocenters. The molecule has 0 saturated carbocycles. The van der Waals surface area contributed by atoms with E-state index in [4.69, 9.17) is 9.63 Å². The van der Waals surface area contributed by atoms with Gasteiger partial charge in [-0.2, -0.15) is 0 Å². The van der Waals surface area contributed by atoms with Gasteiger partial charge in [0.1, 0.15) is 5.56 Å². The molecule has 1 aromatic heterocycles. The topological polar surface area (TPSA) is 63.3 Å². The molecular weight excluding hydrogens is 238 g/mol. The number of carboxylic acid groups (broad SMARTS) is 1. The molecule has 0 radical (unpaired) electrons.